The maximum Gasteiger partial charge on any atom is 0.200 e. The first-order valence-electron chi connectivity index (χ1n) is 7.71. The van der Waals surface area contributed by atoms with Gasteiger partial charge in [0.1, 0.15) is 11.5 Å². The first kappa shape index (κ1) is 17.9. The molecule has 0 amide bonds. The molecule has 0 spiro atoms. The molecule has 8 N–H and O–H groups in total. The molecule has 0 radical (unpaired) electrons. The number of phenolic OH excluding ortho intramolecular Hbond substituents is 8. The molecule has 3 aromatic rings. The summed E-state index contributed by atoms with van der Waals surface area (Å²) >= 11 is 0. The van der Waals surface area contributed by atoms with E-state index in [1.54, 1.807) is 0 Å². The summed E-state index contributed by atoms with van der Waals surface area (Å²) in [4.78, 5) is 0. The molecule has 3 aromatic carbocycles. The van der Waals surface area contributed by atoms with Crippen LogP contribution in [-0.4, -0.2) is 40.9 Å². The van der Waals surface area contributed by atoms with E-state index in [1.807, 2.05) is 0 Å². The molecule has 140 valence electrons. The lowest BCUT2D eigenvalue weighted by molar-refractivity contribution is 0.360. The minimum Gasteiger partial charge on any atom is -0.508 e. The van der Waals surface area contributed by atoms with Crippen molar-refractivity contribution in [3.8, 4) is 46.0 Å². The first-order valence-corrected chi connectivity index (χ1v) is 7.71. The first-order chi connectivity index (χ1) is 12.7. The highest BCUT2D eigenvalue weighted by Gasteiger charge is 2.29. The van der Waals surface area contributed by atoms with Gasteiger partial charge in [-0.2, -0.15) is 0 Å². The SMILES string of the molecule is Oc1ccc(C(c2ccc(O)c(O)c2O)c2ccc(O)c(O)c2O)c(O)c1. The summed E-state index contributed by atoms with van der Waals surface area (Å²) in [6.07, 6.45) is 0. The monoisotopic (exact) mass is 372 g/mol. The highest BCUT2D eigenvalue weighted by molar-refractivity contribution is 5.64. The van der Waals surface area contributed by atoms with Crippen LogP contribution in [0, 0.1) is 0 Å². The molecule has 0 bridgehead atoms. The molecule has 0 saturated heterocycles. The van der Waals surface area contributed by atoms with Crippen LogP contribution < -0.4 is 0 Å². The molecule has 3 rings (SSSR count). The van der Waals surface area contributed by atoms with Crippen LogP contribution in [0.2, 0.25) is 0 Å². The van der Waals surface area contributed by atoms with Gasteiger partial charge in [0.25, 0.3) is 0 Å². The summed E-state index contributed by atoms with van der Waals surface area (Å²) in [7, 11) is 0. The van der Waals surface area contributed by atoms with Crippen LogP contribution in [-0.2, 0) is 0 Å². The normalized spacial score (nSPS) is 11.0. The van der Waals surface area contributed by atoms with Crippen molar-refractivity contribution in [2.75, 3.05) is 0 Å². The molecule has 27 heavy (non-hydrogen) atoms. The lowest BCUT2D eigenvalue weighted by Gasteiger charge is -2.23. The molecular weight excluding hydrogens is 356 g/mol. The lowest BCUT2D eigenvalue weighted by atomic mass is 9.83. The van der Waals surface area contributed by atoms with Gasteiger partial charge in [-0.15, -0.1) is 0 Å². The van der Waals surface area contributed by atoms with Crippen LogP contribution >= 0.6 is 0 Å². The fraction of sp³-hybridized carbons (Fsp3) is 0.0526. The fourth-order valence-electron chi connectivity index (χ4n) is 2.91. The van der Waals surface area contributed by atoms with E-state index in [0.717, 1.165) is 18.2 Å². The largest absolute Gasteiger partial charge is 0.508 e. The fourth-order valence-corrected chi connectivity index (χ4v) is 2.91. The summed E-state index contributed by atoms with van der Waals surface area (Å²) in [5.41, 5.74) is 0.0620. The third-order valence-corrected chi connectivity index (χ3v) is 4.27. The van der Waals surface area contributed by atoms with Gasteiger partial charge < -0.3 is 40.9 Å². The smallest absolute Gasteiger partial charge is 0.200 e. The zero-order valence-electron chi connectivity index (χ0n) is 13.7. The van der Waals surface area contributed by atoms with E-state index in [1.165, 1.54) is 24.3 Å². The number of hydrogen-bond donors (Lipinski definition) is 8. The highest BCUT2D eigenvalue weighted by atomic mass is 16.3. The number of benzene rings is 3. The average molecular weight is 372 g/mol. The van der Waals surface area contributed by atoms with Crippen LogP contribution in [0.4, 0.5) is 0 Å². The second-order valence-corrected chi connectivity index (χ2v) is 5.92. The summed E-state index contributed by atoms with van der Waals surface area (Å²) in [6, 6.07) is 8.34. The van der Waals surface area contributed by atoms with Crippen molar-refractivity contribution >= 4 is 0 Å². The van der Waals surface area contributed by atoms with Gasteiger partial charge in [0.2, 0.25) is 11.5 Å². The topological polar surface area (TPSA) is 162 Å². The van der Waals surface area contributed by atoms with E-state index in [9.17, 15) is 40.9 Å². The number of rotatable bonds is 3. The van der Waals surface area contributed by atoms with Crippen molar-refractivity contribution < 1.29 is 40.9 Å². The number of aromatic hydroxyl groups is 8. The Labute approximate surface area is 152 Å². The average Bonchev–Trinajstić information content (AvgIpc) is 2.62. The maximum absolute atomic E-state index is 10.3. The minimum absolute atomic E-state index is 0.0216. The van der Waals surface area contributed by atoms with Crippen LogP contribution in [0.3, 0.4) is 0 Å². The Bertz CT molecular complexity index is 971. The van der Waals surface area contributed by atoms with Crippen LogP contribution in [0.1, 0.15) is 22.6 Å². The van der Waals surface area contributed by atoms with E-state index in [-0.39, 0.29) is 28.2 Å². The number of phenols is 8. The molecule has 0 atom stereocenters. The molecule has 0 heterocycles. The second kappa shape index (κ2) is 6.41. The van der Waals surface area contributed by atoms with Crippen molar-refractivity contribution in [3.63, 3.8) is 0 Å². The molecule has 0 aliphatic carbocycles. The molecule has 8 nitrogen and oxygen atoms in total. The maximum atomic E-state index is 10.3. The van der Waals surface area contributed by atoms with Crippen LogP contribution in [0.15, 0.2) is 42.5 Å². The van der Waals surface area contributed by atoms with Gasteiger partial charge in [0.15, 0.2) is 23.0 Å². The standard InChI is InChI=1S/C19H16O8/c20-8-1-2-9(14(23)7-8)15(10-3-5-12(21)18(26)16(10)24)11-4-6-13(22)19(27)17(11)25/h1-7,15,20-27H. The van der Waals surface area contributed by atoms with Gasteiger partial charge in [-0.25, -0.2) is 0 Å². The van der Waals surface area contributed by atoms with Crippen molar-refractivity contribution in [1.82, 2.24) is 0 Å². The Morgan fingerprint density at radius 1 is 0.444 bits per heavy atom. The van der Waals surface area contributed by atoms with Crippen molar-refractivity contribution in [3.05, 3.63) is 59.2 Å². The third-order valence-electron chi connectivity index (χ3n) is 4.27. The molecule has 0 aliphatic rings. The zero-order chi connectivity index (χ0) is 19.9. The summed E-state index contributed by atoms with van der Waals surface area (Å²) in [5, 5.41) is 79.2. The van der Waals surface area contributed by atoms with Gasteiger partial charge in [-0.05, 0) is 18.2 Å². The molecule has 0 saturated carbocycles. The van der Waals surface area contributed by atoms with Crippen LogP contribution in [0.5, 0.6) is 46.0 Å². The quantitative estimate of drug-likeness (QED) is 0.257. The van der Waals surface area contributed by atoms with E-state index in [2.05, 4.69) is 0 Å². The predicted molar refractivity (Wildman–Crippen MR) is 93.6 cm³/mol. The Kier molecular flexibility index (Phi) is 4.24. The Morgan fingerprint density at radius 2 is 0.889 bits per heavy atom. The predicted octanol–water partition coefficient (Wildman–Crippen LogP) is 2.51. The Hall–Kier alpha value is -3.94. The van der Waals surface area contributed by atoms with E-state index in [0.29, 0.717) is 0 Å². The van der Waals surface area contributed by atoms with Gasteiger partial charge >= 0.3 is 0 Å². The summed E-state index contributed by atoms with van der Waals surface area (Å²) in [6.45, 7) is 0. The molecule has 0 unspecified atom stereocenters. The summed E-state index contributed by atoms with van der Waals surface area (Å²) in [5.74, 6) is -5.95. The van der Waals surface area contributed by atoms with Crippen LogP contribution in [0.25, 0.3) is 0 Å². The lowest BCUT2D eigenvalue weighted by Crippen LogP contribution is -2.05. The second-order valence-electron chi connectivity index (χ2n) is 5.92. The zero-order valence-corrected chi connectivity index (χ0v) is 13.7. The van der Waals surface area contributed by atoms with Crippen molar-refractivity contribution in [2.45, 2.75) is 5.92 Å². The Morgan fingerprint density at radius 3 is 1.33 bits per heavy atom. The minimum atomic E-state index is -1.14. The molecular formula is C19H16O8. The third kappa shape index (κ3) is 2.93. The highest BCUT2D eigenvalue weighted by Crippen LogP contribution is 2.50. The molecule has 0 aromatic heterocycles. The Balaban J connectivity index is 2.35. The van der Waals surface area contributed by atoms with E-state index < -0.39 is 40.4 Å². The van der Waals surface area contributed by atoms with Gasteiger partial charge in [-0.3, -0.25) is 0 Å². The molecule has 0 aliphatic heterocycles. The van der Waals surface area contributed by atoms with Gasteiger partial charge in [0, 0.05) is 28.7 Å². The van der Waals surface area contributed by atoms with Crippen molar-refractivity contribution in [1.29, 1.82) is 0 Å². The summed E-state index contributed by atoms with van der Waals surface area (Å²) < 4.78 is 0. The number of hydrogen-bond acceptors (Lipinski definition) is 8. The molecule has 0 fully saturated rings. The van der Waals surface area contributed by atoms with E-state index in [4.69, 9.17) is 0 Å². The van der Waals surface area contributed by atoms with Gasteiger partial charge in [0.05, 0.1) is 0 Å². The van der Waals surface area contributed by atoms with E-state index >= 15 is 0 Å². The van der Waals surface area contributed by atoms with Crippen molar-refractivity contribution in [2.24, 2.45) is 0 Å². The van der Waals surface area contributed by atoms with Gasteiger partial charge in [-0.1, -0.05) is 18.2 Å². The molecule has 8 heteroatoms.